The number of benzene rings is 2. The number of hydrogen-bond acceptors (Lipinski definition) is 1. The number of halogens is 3. The summed E-state index contributed by atoms with van der Waals surface area (Å²) in [5.74, 6) is 0. The van der Waals surface area contributed by atoms with Crippen LogP contribution in [0.15, 0.2) is 40.9 Å². The molecule has 20 heavy (non-hydrogen) atoms. The highest BCUT2D eigenvalue weighted by atomic mass is 79.9. The molecular weight excluding hydrogens is 324 g/mol. The van der Waals surface area contributed by atoms with Crippen molar-refractivity contribution in [2.24, 2.45) is 0 Å². The number of aryl methyl sites for hydroxylation is 2. The Labute approximate surface area is 126 Å². The third kappa shape index (κ3) is 3.57. The normalized spacial score (nSPS) is 10.9. The van der Waals surface area contributed by atoms with Crippen LogP contribution >= 0.6 is 15.9 Å². The Morgan fingerprint density at radius 2 is 1.90 bits per heavy atom. The third-order valence-electron chi connectivity index (χ3n) is 3.10. The number of hydrogen-bond donors (Lipinski definition) is 1. The zero-order valence-corrected chi connectivity index (χ0v) is 13.0. The molecule has 0 fully saturated rings. The molecule has 0 aliphatic rings. The predicted octanol–water partition coefficient (Wildman–Crippen LogP) is 5.62. The Bertz CT molecular complexity index is 588. The molecule has 0 heterocycles. The molecule has 2 rings (SSSR count). The highest BCUT2D eigenvalue weighted by molar-refractivity contribution is 9.10. The fraction of sp³-hybridized carbons (Fsp3) is 0.250. The average Bonchev–Trinajstić information content (AvgIpc) is 2.37. The quantitative estimate of drug-likeness (QED) is 0.762. The van der Waals surface area contributed by atoms with Crippen LogP contribution in [-0.4, -0.2) is 0 Å². The van der Waals surface area contributed by atoms with Gasteiger partial charge in [0.1, 0.15) is 0 Å². The van der Waals surface area contributed by atoms with Gasteiger partial charge in [0, 0.05) is 16.6 Å². The second-order valence-corrected chi connectivity index (χ2v) is 5.69. The molecule has 0 amide bonds. The Kier molecular flexibility index (Phi) is 4.76. The van der Waals surface area contributed by atoms with Crippen molar-refractivity contribution in [1.29, 1.82) is 0 Å². The van der Waals surface area contributed by atoms with E-state index in [2.05, 4.69) is 27.3 Å². The first kappa shape index (κ1) is 15.0. The molecule has 2 aromatic rings. The van der Waals surface area contributed by atoms with Crippen LogP contribution in [0, 0.1) is 13.8 Å². The first-order chi connectivity index (χ1) is 9.47. The van der Waals surface area contributed by atoms with E-state index in [1.165, 1.54) is 17.7 Å². The maximum absolute atomic E-state index is 12.7. The highest BCUT2D eigenvalue weighted by Crippen LogP contribution is 2.28. The molecule has 0 saturated heterocycles. The van der Waals surface area contributed by atoms with E-state index in [-0.39, 0.29) is 5.56 Å². The van der Waals surface area contributed by atoms with Gasteiger partial charge in [0.25, 0.3) is 6.43 Å². The van der Waals surface area contributed by atoms with Crippen molar-refractivity contribution in [1.82, 2.24) is 0 Å². The third-order valence-corrected chi connectivity index (χ3v) is 3.73. The van der Waals surface area contributed by atoms with Gasteiger partial charge in [-0.25, -0.2) is 8.78 Å². The Balaban J connectivity index is 2.15. The first-order valence-electron chi connectivity index (χ1n) is 6.35. The summed E-state index contributed by atoms with van der Waals surface area (Å²) in [5.41, 5.74) is 4.21. The van der Waals surface area contributed by atoms with Gasteiger partial charge in [-0.3, -0.25) is 0 Å². The molecular formula is C16H16BrF2N. The molecule has 1 N–H and O–H groups in total. The van der Waals surface area contributed by atoms with E-state index < -0.39 is 6.43 Å². The SMILES string of the molecule is Cc1cc(C)c(NCc2cccc(C(F)F)c2)c(Br)c1. The summed E-state index contributed by atoms with van der Waals surface area (Å²) >= 11 is 3.53. The zero-order valence-electron chi connectivity index (χ0n) is 11.4. The van der Waals surface area contributed by atoms with E-state index in [0.717, 1.165) is 21.3 Å². The van der Waals surface area contributed by atoms with E-state index in [9.17, 15) is 8.78 Å². The van der Waals surface area contributed by atoms with Gasteiger partial charge < -0.3 is 5.32 Å². The van der Waals surface area contributed by atoms with Gasteiger partial charge in [-0.2, -0.15) is 0 Å². The Hall–Kier alpha value is -1.42. The lowest BCUT2D eigenvalue weighted by Crippen LogP contribution is -2.03. The van der Waals surface area contributed by atoms with Crippen LogP contribution in [0.1, 0.15) is 28.7 Å². The smallest absolute Gasteiger partial charge is 0.263 e. The predicted molar refractivity (Wildman–Crippen MR) is 82.3 cm³/mol. The summed E-state index contributed by atoms with van der Waals surface area (Å²) in [5, 5.41) is 3.30. The second-order valence-electron chi connectivity index (χ2n) is 4.84. The minimum Gasteiger partial charge on any atom is -0.380 e. The van der Waals surface area contributed by atoms with Gasteiger partial charge in [0.15, 0.2) is 0 Å². The van der Waals surface area contributed by atoms with Crippen molar-refractivity contribution in [3.8, 4) is 0 Å². The van der Waals surface area contributed by atoms with Crippen molar-refractivity contribution in [2.45, 2.75) is 26.8 Å². The lowest BCUT2D eigenvalue weighted by molar-refractivity contribution is 0.151. The van der Waals surface area contributed by atoms with Crippen LogP contribution in [0.2, 0.25) is 0 Å². The summed E-state index contributed by atoms with van der Waals surface area (Å²) in [6.45, 7) is 4.58. The topological polar surface area (TPSA) is 12.0 Å². The van der Waals surface area contributed by atoms with Gasteiger partial charge in [-0.05, 0) is 58.6 Å². The number of rotatable bonds is 4. The molecule has 4 heteroatoms. The summed E-state index contributed by atoms with van der Waals surface area (Å²) in [6.07, 6.45) is -2.43. The van der Waals surface area contributed by atoms with Crippen LogP contribution in [-0.2, 0) is 6.54 Å². The van der Waals surface area contributed by atoms with Gasteiger partial charge in [0.2, 0.25) is 0 Å². The van der Waals surface area contributed by atoms with E-state index in [4.69, 9.17) is 0 Å². The number of alkyl halides is 2. The molecule has 0 aliphatic carbocycles. The standard InChI is InChI=1S/C16H16BrF2N/c1-10-6-11(2)15(14(17)7-10)20-9-12-4-3-5-13(8-12)16(18)19/h3-8,16,20H,9H2,1-2H3. The van der Waals surface area contributed by atoms with Crippen molar-refractivity contribution < 1.29 is 8.78 Å². The lowest BCUT2D eigenvalue weighted by atomic mass is 10.1. The molecule has 0 bridgehead atoms. The molecule has 0 atom stereocenters. The van der Waals surface area contributed by atoms with E-state index >= 15 is 0 Å². The van der Waals surface area contributed by atoms with Crippen molar-refractivity contribution in [3.05, 3.63) is 63.1 Å². The number of nitrogens with one attached hydrogen (secondary N) is 1. The Morgan fingerprint density at radius 1 is 1.15 bits per heavy atom. The van der Waals surface area contributed by atoms with Gasteiger partial charge in [-0.15, -0.1) is 0 Å². The van der Waals surface area contributed by atoms with Crippen LogP contribution in [0.25, 0.3) is 0 Å². The maximum atomic E-state index is 12.7. The average molecular weight is 340 g/mol. The molecule has 0 saturated carbocycles. The van der Waals surface area contributed by atoms with E-state index in [0.29, 0.717) is 6.54 Å². The molecule has 0 aromatic heterocycles. The van der Waals surface area contributed by atoms with Crippen molar-refractivity contribution >= 4 is 21.6 Å². The molecule has 106 valence electrons. The maximum Gasteiger partial charge on any atom is 0.263 e. The van der Waals surface area contributed by atoms with Crippen LogP contribution in [0.5, 0.6) is 0 Å². The molecule has 0 aliphatic heterocycles. The largest absolute Gasteiger partial charge is 0.380 e. The molecule has 2 aromatic carbocycles. The van der Waals surface area contributed by atoms with Gasteiger partial charge >= 0.3 is 0 Å². The monoisotopic (exact) mass is 339 g/mol. The zero-order chi connectivity index (χ0) is 14.7. The summed E-state index contributed by atoms with van der Waals surface area (Å²) in [7, 11) is 0. The van der Waals surface area contributed by atoms with E-state index in [1.54, 1.807) is 6.07 Å². The summed E-state index contributed by atoms with van der Waals surface area (Å²) in [4.78, 5) is 0. The van der Waals surface area contributed by atoms with Crippen LogP contribution in [0.4, 0.5) is 14.5 Å². The molecule has 0 radical (unpaired) electrons. The van der Waals surface area contributed by atoms with E-state index in [1.807, 2.05) is 26.0 Å². The number of anilines is 1. The minimum absolute atomic E-state index is 0.0593. The Morgan fingerprint density at radius 3 is 2.55 bits per heavy atom. The van der Waals surface area contributed by atoms with Crippen LogP contribution < -0.4 is 5.32 Å². The van der Waals surface area contributed by atoms with Gasteiger partial charge in [0.05, 0.1) is 5.69 Å². The first-order valence-corrected chi connectivity index (χ1v) is 7.14. The molecule has 1 nitrogen and oxygen atoms in total. The lowest BCUT2D eigenvalue weighted by Gasteiger charge is -2.13. The van der Waals surface area contributed by atoms with Gasteiger partial charge in [-0.1, -0.05) is 24.3 Å². The summed E-state index contributed by atoms with van der Waals surface area (Å²) in [6, 6.07) is 10.6. The molecule has 0 spiro atoms. The highest BCUT2D eigenvalue weighted by Gasteiger charge is 2.08. The molecule has 0 unspecified atom stereocenters. The fourth-order valence-electron chi connectivity index (χ4n) is 2.17. The van der Waals surface area contributed by atoms with Crippen molar-refractivity contribution in [2.75, 3.05) is 5.32 Å². The fourth-order valence-corrected chi connectivity index (χ4v) is 2.98. The van der Waals surface area contributed by atoms with Crippen molar-refractivity contribution in [3.63, 3.8) is 0 Å². The van der Waals surface area contributed by atoms with Crippen LogP contribution in [0.3, 0.4) is 0 Å². The minimum atomic E-state index is -2.43. The second kappa shape index (κ2) is 6.35. The summed E-state index contributed by atoms with van der Waals surface area (Å²) < 4.78 is 26.3.